The summed E-state index contributed by atoms with van der Waals surface area (Å²) in [6, 6.07) is 9.32. The molecule has 1 fully saturated rings. The SMILES string of the molecule is Cc1ccc(C2/C(=C(/O)c3ccc(OCC(C)C)c(C)c3)C(=O)C(=O)N2c2cc(F)ccc2F)o1. The fraction of sp³-hybridized carbons (Fsp3) is 0.259. The Labute approximate surface area is 201 Å². The number of hydrogen-bond acceptors (Lipinski definition) is 5. The Kier molecular flexibility index (Phi) is 6.47. The lowest BCUT2D eigenvalue weighted by molar-refractivity contribution is -0.132. The number of carbonyl (C=O) groups excluding carboxylic acids is 2. The average Bonchev–Trinajstić information content (AvgIpc) is 3.34. The maximum atomic E-state index is 14.7. The Morgan fingerprint density at radius 2 is 1.83 bits per heavy atom. The second-order valence-electron chi connectivity index (χ2n) is 8.90. The van der Waals surface area contributed by atoms with E-state index >= 15 is 0 Å². The molecule has 1 N–H and O–H groups in total. The van der Waals surface area contributed by atoms with Gasteiger partial charge in [0.1, 0.15) is 40.7 Å². The van der Waals surface area contributed by atoms with E-state index in [1.165, 1.54) is 6.07 Å². The van der Waals surface area contributed by atoms with E-state index in [1.807, 2.05) is 13.8 Å². The van der Waals surface area contributed by atoms with Crippen molar-refractivity contribution in [2.45, 2.75) is 33.7 Å². The summed E-state index contributed by atoms with van der Waals surface area (Å²) in [7, 11) is 0. The summed E-state index contributed by atoms with van der Waals surface area (Å²) in [5.41, 5.74) is 0.262. The number of aryl methyl sites for hydroxylation is 2. The van der Waals surface area contributed by atoms with Gasteiger partial charge in [0.2, 0.25) is 0 Å². The molecule has 6 nitrogen and oxygen atoms in total. The van der Waals surface area contributed by atoms with E-state index in [9.17, 15) is 23.5 Å². The van der Waals surface area contributed by atoms with E-state index in [2.05, 4.69) is 0 Å². The third kappa shape index (κ3) is 4.56. The number of ketones is 1. The molecule has 0 bridgehead atoms. The van der Waals surface area contributed by atoms with Gasteiger partial charge in [-0.3, -0.25) is 14.5 Å². The molecule has 0 spiro atoms. The second kappa shape index (κ2) is 9.37. The minimum absolute atomic E-state index is 0.125. The molecule has 1 aliphatic heterocycles. The van der Waals surface area contributed by atoms with Gasteiger partial charge in [-0.25, -0.2) is 8.78 Å². The fourth-order valence-corrected chi connectivity index (χ4v) is 3.99. The number of nitrogens with zero attached hydrogens (tertiary/aromatic N) is 1. The standard InChI is InChI=1S/C27H25F2NO5/c1-14(2)13-34-21-10-6-17(11-15(21)3)25(31)23-24(22-9-5-16(4)35-22)30(27(33)26(23)32)20-12-18(28)7-8-19(20)29/h5-12,14,24,31H,13H2,1-4H3/b25-23-. The monoisotopic (exact) mass is 481 g/mol. The van der Waals surface area contributed by atoms with E-state index in [0.29, 0.717) is 29.6 Å². The van der Waals surface area contributed by atoms with Crippen molar-refractivity contribution in [1.29, 1.82) is 0 Å². The van der Waals surface area contributed by atoms with Crippen molar-refractivity contribution in [2.75, 3.05) is 11.5 Å². The molecule has 0 radical (unpaired) electrons. The van der Waals surface area contributed by atoms with Crippen LogP contribution in [-0.4, -0.2) is 23.4 Å². The van der Waals surface area contributed by atoms with Crippen LogP contribution in [0.4, 0.5) is 14.5 Å². The second-order valence-corrected chi connectivity index (χ2v) is 8.90. The Balaban J connectivity index is 1.86. The average molecular weight is 481 g/mol. The number of ether oxygens (including phenoxy) is 1. The van der Waals surface area contributed by atoms with Crippen LogP contribution in [0.3, 0.4) is 0 Å². The number of Topliss-reactive ketones (excluding diaryl/α,β-unsaturated/α-hetero) is 1. The Bertz CT molecular complexity index is 1340. The van der Waals surface area contributed by atoms with Crippen molar-refractivity contribution >= 4 is 23.1 Å². The van der Waals surface area contributed by atoms with Gasteiger partial charge < -0.3 is 14.3 Å². The van der Waals surface area contributed by atoms with Gasteiger partial charge in [-0.2, -0.15) is 0 Å². The molecule has 4 rings (SSSR count). The van der Waals surface area contributed by atoms with Crippen molar-refractivity contribution in [3.05, 3.63) is 88.4 Å². The number of furan rings is 1. The number of aliphatic hydroxyl groups is 1. The zero-order valence-corrected chi connectivity index (χ0v) is 19.8. The maximum absolute atomic E-state index is 14.7. The lowest BCUT2D eigenvalue weighted by Crippen LogP contribution is -2.30. The highest BCUT2D eigenvalue weighted by molar-refractivity contribution is 6.51. The molecule has 182 valence electrons. The molecule has 0 saturated carbocycles. The maximum Gasteiger partial charge on any atom is 0.300 e. The largest absolute Gasteiger partial charge is 0.507 e. The molecule has 1 aliphatic rings. The van der Waals surface area contributed by atoms with Crippen LogP contribution in [0.1, 0.15) is 42.5 Å². The number of aliphatic hydroxyl groups excluding tert-OH is 1. The predicted molar refractivity (Wildman–Crippen MR) is 126 cm³/mol. The Hall–Kier alpha value is -3.94. The van der Waals surface area contributed by atoms with Gasteiger partial charge in [0.25, 0.3) is 11.7 Å². The van der Waals surface area contributed by atoms with Crippen LogP contribution < -0.4 is 9.64 Å². The molecule has 1 aromatic heterocycles. The summed E-state index contributed by atoms with van der Waals surface area (Å²) < 4.78 is 40.1. The summed E-state index contributed by atoms with van der Waals surface area (Å²) in [6.45, 7) is 8.01. The van der Waals surface area contributed by atoms with E-state index in [4.69, 9.17) is 9.15 Å². The van der Waals surface area contributed by atoms with E-state index in [1.54, 1.807) is 38.1 Å². The first kappa shape index (κ1) is 24.2. The molecule has 1 atom stereocenters. The molecule has 1 unspecified atom stereocenters. The summed E-state index contributed by atoms with van der Waals surface area (Å²) in [6.07, 6.45) is 0. The summed E-state index contributed by atoms with van der Waals surface area (Å²) in [4.78, 5) is 27.0. The molecule has 8 heteroatoms. The van der Waals surface area contributed by atoms with Crippen LogP contribution in [0.5, 0.6) is 5.75 Å². The minimum Gasteiger partial charge on any atom is -0.507 e. The van der Waals surface area contributed by atoms with Crippen molar-refractivity contribution in [1.82, 2.24) is 0 Å². The van der Waals surface area contributed by atoms with Gasteiger partial charge >= 0.3 is 0 Å². The van der Waals surface area contributed by atoms with Crippen molar-refractivity contribution < 1.29 is 32.6 Å². The van der Waals surface area contributed by atoms with Gasteiger partial charge in [-0.1, -0.05) is 13.8 Å². The third-order valence-electron chi connectivity index (χ3n) is 5.66. The molecule has 2 aromatic carbocycles. The van der Waals surface area contributed by atoms with Crippen LogP contribution in [0.2, 0.25) is 0 Å². The normalized spacial score (nSPS) is 17.5. The lowest BCUT2D eigenvalue weighted by atomic mass is 9.98. The van der Waals surface area contributed by atoms with Crippen molar-refractivity contribution in [3.63, 3.8) is 0 Å². The number of halogens is 2. The quantitative estimate of drug-likeness (QED) is 0.272. The predicted octanol–water partition coefficient (Wildman–Crippen LogP) is 5.84. The van der Waals surface area contributed by atoms with Crippen molar-refractivity contribution in [3.8, 4) is 5.75 Å². The molecule has 1 saturated heterocycles. The topological polar surface area (TPSA) is 80.0 Å². The molecule has 2 heterocycles. The molecule has 3 aromatic rings. The van der Waals surface area contributed by atoms with Gasteiger partial charge in [0.05, 0.1) is 17.9 Å². The minimum atomic E-state index is -1.29. The van der Waals surface area contributed by atoms with Crippen LogP contribution >= 0.6 is 0 Å². The van der Waals surface area contributed by atoms with E-state index in [-0.39, 0.29) is 16.9 Å². The highest BCUT2D eigenvalue weighted by Crippen LogP contribution is 2.43. The van der Waals surface area contributed by atoms with Gasteiger partial charge in [0, 0.05) is 11.6 Å². The summed E-state index contributed by atoms with van der Waals surface area (Å²) in [5.74, 6) is -2.75. The number of hydrogen-bond donors (Lipinski definition) is 1. The number of rotatable bonds is 6. The van der Waals surface area contributed by atoms with Crippen LogP contribution in [0, 0.1) is 31.4 Å². The number of benzene rings is 2. The Morgan fingerprint density at radius 3 is 2.46 bits per heavy atom. The third-order valence-corrected chi connectivity index (χ3v) is 5.66. The number of carbonyl (C=O) groups is 2. The Morgan fingerprint density at radius 1 is 1.09 bits per heavy atom. The molecule has 1 amide bonds. The molecular formula is C27H25F2NO5. The zero-order valence-electron chi connectivity index (χ0n) is 19.8. The smallest absolute Gasteiger partial charge is 0.300 e. The van der Waals surface area contributed by atoms with E-state index < -0.39 is 40.8 Å². The fourth-order valence-electron chi connectivity index (χ4n) is 3.99. The van der Waals surface area contributed by atoms with Gasteiger partial charge in [-0.05, 0) is 67.8 Å². The van der Waals surface area contributed by atoms with Crippen LogP contribution in [-0.2, 0) is 9.59 Å². The first-order valence-electron chi connectivity index (χ1n) is 11.1. The van der Waals surface area contributed by atoms with Crippen LogP contribution in [0.25, 0.3) is 5.76 Å². The molecule has 35 heavy (non-hydrogen) atoms. The van der Waals surface area contributed by atoms with Gasteiger partial charge in [-0.15, -0.1) is 0 Å². The zero-order chi connectivity index (χ0) is 25.4. The molecular weight excluding hydrogens is 456 g/mol. The van der Waals surface area contributed by atoms with E-state index in [0.717, 1.165) is 23.1 Å². The highest BCUT2D eigenvalue weighted by atomic mass is 19.1. The first-order valence-corrected chi connectivity index (χ1v) is 11.1. The number of anilines is 1. The first-order chi connectivity index (χ1) is 16.6. The van der Waals surface area contributed by atoms with Crippen LogP contribution in [0.15, 0.2) is 58.5 Å². The highest BCUT2D eigenvalue weighted by Gasteiger charge is 2.49. The van der Waals surface area contributed by atoms with Gasteiger partial charge in [0.15, 0.2) is 0 Å². The number of amides is 1. The lowest BCUT2D eigenvalue weighted by Gasteiger charge is -2.24. The molecule has 0 aliphatic carbocycles. The summed E-state index contributed by atoms with van der Waals surface area (Å²) >= 11 is 0. The summed E-state index contributed by atoms with van der Waals surface area (Å²) in [5, 5.41) is 11.2. The van der Waals surface area contributed by atoms with Crippen molar-refractivity contribution in [2.24, 2.45) is 5.92 Å².